The average molecular weight is 545 g/mol. The smallest absolute Gasteiger partial charge is 0.00664 e. The number of rotatable bonds is 7. The van der Waals surface area contributed by atoms with Crippen molar-refractivity contribution >= 4 is 0 Å². The summed E-state index contributed by atoms with van der Waals surface area (Å²) in [7, 11) is 0. The molecule has 0 heteroatoms. The zero-order chi connectivity index (χ0) is 30.3. The first-order valence-electron chi connectivity index (χ1n) is 15.6. The maximum Gasteiger partial charge on any atom is 0.00664 e. The van der Waals surface area contributed by atoms with Crippen LogP contribution >= 0.6 is 0 Å². The van der Waals surface area contributed by atoms with Crippen LogP contribution in [0.5, 0.6) is 0 Å². The molecule has 0 radical (unpaired) electrons. The summed E-state index contributed by atoms with van der Waals surface area (Å²) in [6, 6.07) is 19.5. The summed E-state index contributed by atoms with van der Waals surface area (Å²) in [5.74, 6) is 1.03. The Bertz CT molecular complexity index is 1600. The molecule has 0 saturated heterocycles. The largest absolute Gasteiger partial charge is 0.0613 e. The van der Waals surface area contributed by atoms with E-state index in [0.717, 1.165) is 6.42 Å². The minimum absolute atomic E-state index is 0.319. The normalized spacial score (nSPS) is 13.8. The topological polar surface area (TPSA) is 0 Å². The first kappa shape index (κ1) is 30.8. The second-order valence-corrected chi connectivity index (χ2v) is 13.1. The van der Waals surface area contributed by atoms with Crippen LogP contribution in [0.15, 0.2) is 48.5 Å². The van der Waals surface area contributed by atoms with E-state index in [1.54, 1.807) is 0 Å². The molecule has 0 aliphatic rings. The van der Waals surface area contributed by atoms with Gasteiger partial charge >= 0.3 is 0 Å². The fourth-order valence-electron chi connectivity index (χ4n) is 7.35. The number of aryl methyl sites for hydroxylation is 10. The van der Waals surface area contributed by atoms with Crippen molar-refractivity contribution in [3.63, 3.8) is 0 Å². The molecule has 0 N–H and O–H groups in total. The molecule has 0 spiro atoms. The Morgan fingerprint density at radius 3 is 0.976 bits per heavy atom. The lowest BCUT2D eigenvalue weighted by atomic mass is 9.78. The van der Waals surface area contributed by atoms with Gasteiger partial charge in [-0.05, 0) is 158 Å². The monoisotopic (exact) mass is 544 g/mol. The molecule has 0 bridgehead atoms. The van der Waals surface area contributed by atoms with Crippen LogP contribution in [0.25, 0.3) is 0 Å². The Morgan fingerprint density at radius 2 is 0.610 bits per heavy atom. The summed E-state index contributed by atoms with van der Waals surface area (Å²) in [4.78, 5) is 0. The molecule has 4 rings (SSSR count). The molecular weight excluding hydrogens is 492 g/mol. The molecule has 0 saturated carbocycles. The molecule has 0 nitrogen and oxygen atoms in total. The third-order valence-electron chi connectivity index (χ3n) is 10.1. The van der Waals surface area contributed by atoms with Crippen molar-refractivity contribution in [2.75, 3.05) is 0 Å². The number of benzene rings is 4. The molecule has 4 aromatic carbocycles. The van der Waals surface area contributed by atoms with Crippen molar-refractivity contribution in [2.45, 2.75) is 114 Å². The molecule has 0 heterocycles. The van der Waals surface area contributed by atoms with Gasteiger partial charge in [-0.1, -0.05) is 76.2 Å². The first-order chi connectivity index (χ1) is 19.2. The van der Waals surface area contributed by atoms with Gasteiger partial charge in [0.25, 0.3) is 0 Å². The number of hydrogen-bond acceptors (Lipinski definition) is 0. The van der Waals surface area contributed by atoms with Crippen molar-refractivity contribution in [2.24, 2.45) is 0 Å². The van der Waals surface area contributed by atoms with Crippen LogP contribution in [0.2, 0.25) is 0 Å². The van der Waals surface area contributed by atoms with Gasteiger partial charge in [-0.2, -0.15) is 0 Å². The molecule has 3 atom stereocenters. The van der Waals surface area contributed by atoms with Crippen LogP contribution in [-0.2, 0) is 6.42 Å². The highest BCUT2D eigenvalue weighted by Gasteiger charge is 2.22. The van der Waals surface area contributed by atoms with Crippen molar-refractivity contribution in [3.05, 3.63) is 138 Å². The van der Waals surface area contributed by atoms with Crippen LogP contribution in [0.1, 0.15) is 134 Å². The fourth-order valence-corrected chi connectivity index (χ4v) is 7.35. The minimum atomic E-state index is 0.319. The molecule has 4 aromatic rings. The fraction of sp³-hybridized carbons (Fsp3) is 0.415. The third-order valence-corrected chi connectivity index (χ3v) is 10.1. The van der Waals surface area contributed by atoms with Crippen molar-refractivity contribution < 1.29 is 0 Å². The van der Waals surface area contributed by atoms with Crippen LogP contribution in [0, 0.1) is 62.3 Å². The van der Waals surface area contributed by atoms with Gasteiger partial charge in [-0.25, -0.2) is 0 Å². The van der Waals surface area contributed by atoms with Gasteiger partial charge in [0.2, 0.25) is 0 Å². The van der Waals surface area contributed by atoms with Crippen LogP contribution in [0.3, 0.4) is 0 Å². The molecule has 0 fully saturated rings. The van der Waals surface area contributed by atoms with Gasteiger partial charge in [0, 0.05) is 17.8 Å². The van der Waals surface area contributed by atoms with E-state index in [9.17, 15) is 0 Å². The van der Waals surface area contributed by atoms with E-state index in [1.807, 2.05) is 0 Å². The zero-order valence-electron chi connectivity index (χ0n) is 28.1. The van der Waals surface area contributed by atoms with Crippen LogP contribution < -0.4 is 0 Å². The Labute approximate surface area is 251 Å². The second-order valence-electron chi connectivity index (χ2n) is 13.1. The molecular formula is C41H52. The van der Waals surface area contributed by atoms with Gasteiger partial charge in [0.05, 0.1) is 0 Å². The summed E-state index contributed by atoms with van der Waals surface area (Å²) in [6.45, 7) is 29.9. The van der Waals surface area contributed by atoms with Crippen molar-refractivity contribution in [1.29, 1.82) is 0 Å². The maximum atomic E-state index is 2.53. The lowest BCUT2D eigenvalue weighted by Gasteiger charge is -2.26. The summed E-state index contributed by atoms with van der Waals surface area (Å²) in [5.41, 5.74) is 22.7. The lowest BCUT2D eigenvalue weighted by Crippen LogP contribution is -2.09. The SMILES string of the molecule is CCc1cc(C(C)c2cc(C(C)c3cc(C(C)c4cc(C)c(C)cc4C)c(C)cc3C)c(C)cc2C)c(C)cc1C. The predicted molar refractivity (Wildman–Crippen MR) is 180 cm³/mol. The standard InChI is InChI=1S/C41H52/c1-14-35-20-37(27(6)16-25(35)4)33(12)39-22-41(31(10)18-29(39)8)34(13)40-21-38(28(7)17-30(40)9)32(11)36-19-24(3)23(2)15-26(36)5/h15-22,32-34H,14H2,1-13H3. The Kier molecular flexibility index (Phi) is 9.03. The Balaban J connectivity index is 1.79. The van der Waals surface area contributed by atoms with Gasteiger partial charge in [0.1, 0.15) is 0 Å². The number of hydrogen-bond donors (Lipinski definition) is 0. The average Bonchev–Trinajstić information content (AvgIpc) is 2.90. The van der Waals surface area contributed by atoms with Gasteiger partial charge in [0.15, 0.2) is 0 Å². The highest BCUT2D eigenvalue weighted by molar-refractivity contribution is 5.52. The van der Waals surface area contributed by atoms with E-state index in [1.165, 1.54) is 89.0 Å². The molecule has 0 aliphatic carbocycles. The summed E-state index contributed by atoms with van der Waals surface area (Å²) in [5, 5.41) is 0. The Hall–Kier alpha value is -3.12. The zero-order valence-corrected chi connectivity index (χ0v) is 28.1. The second kappa shape index (κ2) is 12.0. The predicted octanol–water partition coefficient (Wildman–Crippen LogP) is 11.5. The molecule has 0 aliphatic heterocycles. The molecule has 216 valence electrons. The summed E-state index contributed by atoms with van der Waals surface area (Å²) in [6.07, 6.45) is 1.08. The maximum absolute atomic E-state index is 2.53. The van der Waals surface area contributed by atoms with E-state index >= 15 is 0 Å². The summed E-state index contributed by atoms with van der Waals surface area (Å²) < 4.78 is 0. The quantitative estimate of drug-likeness (QED) is 0.217. The van der Waals surface area contributed by atoms with Gasteiger partial charge in [-0.15, -0.1) is 0 Å². The molecule has 3 unspecified atom stereocenters. The molecule has 41 heavy (non-hydrogen) atoms. The third kappa shape index (κ3) is 5.94. The highest BCUT2D eigenvalue weighted by atomic mass is 14.3. The van der Waals surface area contributed by atoms with E-state index in [2.05, 4.69) is 139 Å². The van der Waals surface area contributed by atoms with Crippen LogP contribution in [0.4, 0.5) is 0 Å². The van der Waals surface area contributed by atoms with Crippen molar-refractivity contribution in [3.8, 4) is 0 Å². The Morgan fingerprint density at radius 1 is 0.341 bits per heavy atom. The van der Waals surface area contributed by atoms with E-state index < -0.39 is 0 Å². The summed E-state index contributed by atoms with van der Waals surface area (Å²) >= 11 is 0. The van der Waals surface area contributed by atoms with Gasteiger partial charge < -0.3 is 0 Å². The van der Waals surface area contributed by atoms with Gasteiger partial charge in [-0.3, -0.25) is 0 Å². The van der Waals surface area contributed by atoms with E-state index in [-0.39, 0.29) is 0 Å². The highest BCUT2D eigenvalue weighted by Crippen LogP contribution is 2.39. The van der Waals surface area contributed by atoms with E-state index in [0.29, 0.717) is 17.8 Å². The lowest BCUT2D eigenvalue weighted by molar-refractivity contribution is 0.844. The van der Waals surface area contributed by atoms with Crippen molar-refractivity contribution in [1.82, 2.24) is 0 Å². The molecule has 0 amide bonds. The molecule has 0 aromatic heterocycles. The minimum Gasteiger partial charge on any atom is -0.0613 e. The van der Waals surface area contributed by atoms with Crippen LogP contribution in [-0.4, -0.2) is 0 Å². The first-order valence-corrected chi connectivity index (χ1v) is 15.6. The van der Waals surface area contributed by atoms with E-state index in [4.69, 9.17) is 0 Å².